The van der Waals surface area contributed by atoms with Crippen molar-refractivity contribution in [2.45, 2.75) is 64.6 Å². The van der Waals surface area contributed by atoms with Crippen molar-refractivity contribution in [3.8, 4) is 0 Å². The van der Waals surface area contributed by atoms with E-state index in [4.69, 9.17) is 10.6 Å². The van der Waals surface area contributed by atoms with Crippen LogP contribution in [0, 0.1) is 5.41 Å². The van der Waals surface area contributed by atoms with E-state index in [0.29, 0.717) is 5.41 Å². The molecule has 0 aliphatic heterocycles. The fraction of sp³-hybridized carbons (Fsp3) is 0.800. The molecule has 1 unspecified atom stereocenters. The summed E-state index contributed by atoms with van der Waals surface area (Å²) in [6.07, 6.45) is 8.30. The molecule has 5 heteroatoms. The van der Waals surface area contributed by atoms with E-state index in [2.05, 4.69) is 37.5 Å². The van der Waals surface area contributed by atoms with Crippen molar-refractivity contribution in [3.05, 3.63) is 18.0 Å². The average molecular weight is 280 g/mol. The highest BCUT2D eigenvalue weighted by atomic mass is 16.5. The number of nitrogens with zero attached hydrogens (tertiary/aromatic N) is 2. The van der Waals surface area contributed by atoms with Gasteiger partial charge in [-0.05, 0) is 38.0 Å². The lowest BCUT2D eigenvalue weighted by Gasteiger charge is -2.46. The molecular weight excluding hydrogens is 252 g/mol. The van der Waals surface area contributed by atoms with Crippen LogP contribution in [0.1, 0.15) is 58.1 Å². The maximum Gasteiger partial charge on any atom is 0.0887 e. The van der Waals surface area contributed by atoms with Crippen LogP contribution in [-0.2, 0) is 11.3 Å². The number of aromatic nitrogens is 2. The molecule has 0 bridgehead atoms. The normalized spacial score (nSPS) is 22.6. The first-order valence-electron chi connectivity index (χ1n) is 7.50. The lowest BCUT2D eigenvalue weighted by Crippen LogP contribution is -2.50. The third-order valence-corrected chi connectivity index (χ3v) is 4.86. The summed E-state index contributed by atoms with van der Waals surface area (Å²) in [5, 5.41) is 4.36. The van der Waals surface area contributed by atoms with Crippen LogP contribution >= 0.6 is 0 Å². The van der Waals surface area contributed by atoms with E-state index in [1.165, 1.54) is 0 Å². The third kappa shape index (κ3) is 2.90. The molecule has 114 valence electrons. The number of ether oxygens (including phenoxy) is 1. The second kappa shape index (κ2) is 5.84. The van der Waals surface area contributed by atoms with Crippen LogP contribution in [-0.4, -0.2) is 22.5 Å². The molecule has 1 atom stereocenters. The SMILES string of the molecule is CCn1cc(C(NN)C2(OC)CCC(C)(C)CC2)cn1. The molecule has 1 aliphatic carbocycles. The zero-order chi connectivity index (χ0) is 14.8. The summed E-state index contributed by atoms with van der Waals surface area (Å²) in [7, 11) is 1.80. The van der Waals surface area contributed by atoms with Gasteiger partial charge in [0.05, 0.1) is 17.8 Å². The molecule has 1 aromatic rings. The summed E-state index contributed by atoms with van der Waals surface area (Å²) >= 11 is 0. The van der Waals surface area contributed by atoms with Crippen LogP contribution in [0.2, 0.25) is 0 Å². The Kier molecular flexibility index (Phi) is 4.52. The summed E-state index contributed by atoms with van der Waals surface area (Å²) in [4.78, 5) is 0. The minimum absolute atomic E-state index is 0.0103. The second-order valence-electron chi connectivity index (χ2n) is 6.66. The van der Waals surface area contributed by atoms with Crippen molar-refractivity contribution in [3.63, 3.8) is 0 Å². The van der Waals surface area contributed by atoms with Gasteiger partial charge in [-0.3, -0.25) is 10.5 Å². The van der Waals surface area contributed by atoms with Gasteiger partial charge in [0.15, 0.2) is 0 Å². The fourth-order valence-corrected chi connectivity index (χ4v) is 3.21. The number of hydrazine groups is 1. The quantitative estimate of drug-likeness (QED) is 0.642. The lowest BCUT2D eigenvalue weighted by molar-refractivity contribution is -0.0877. The minimum atomic E-state index is -0.230. The minimum Gasteiger partial charge on any atom is -0.376 e. The van der Waals surface area contributed by atoms with Gasteiger partial charge in [0.2, 0.25) is 0 Å². The van der Waals surface area contributed by atoms with E-state index in [1.807, 2.05) is 10.9 Å². The van der Waals surface area contributed by atoms with Crippen molar-refractivity contribution in [2.24, 2.45) is 11.3 Å². The maximum atomic E-state index is 5.94. The monoisotopic (exact) mass is 280 g/mol. The number of methoxy groups -OCH3 is 1. The molecule has 0 radical (unpaired) electrons. The Balaban J connectivity index is 2.23. The van der Waals surface area contributed by atoms with Gasteiger partial charge >= 0.3 is 0 Å². The van der Waals surface area contributed by atoms with Crippen LogP contribution in [0.25, 0.3) is 0 Å². The van der Waals surface area contributed by atoms with Crippen LogP contribution in [0.15, 0.2) is 12.4 Å². The zero-order valence-corrected chi connectivity index (χ0v) is 13.1. The third-order valence-electron chi connectivity index (χ3n) is 4.86. The molecule has 1 fully saturated rings. The molecule has 1 saturated carbocycles. The van der Waals surface area contributed by atoms with Crippen LogP contribution in [0.3, 0.4) is 0 Å². The number of aryl methyl sites for hydroxylation is 1. The average Bonchev–Trinajstić information content (AvgIpc) is 2.90. The van der Waals surface area contributed by atoms with Crippen molar-refractivity contribution < 1.29 is 4.74 Å². The zero-order valence-electron chi connectivity index (χ0n) is 13.1. The summed E-state index contributed by atoms with van der Waals surface area (Å²) in [5.41, 5.74) is 4.24. The molecule has 20 heavy (non-hydrogen) atoms. The molecule has 2 rings (SSSR count). The van der Waals surface area contributed by atoms with Gasteiger partial charge in [-0.1, -0.05) is 13.8 Å². The summed E-state index contributed by atoms with van der Waals surface area (Å²) in [6, 6.07) is -0.0103. The molecule has 0 aromatic carbocycles. The Morgan fingerprint density at radius 2 is 2.05 bits per heavy atom. The molecule has 0 amide bonds. The molecular formula is C15H28N4O. The predicted molar refractivity (Wildman–Crippen MR) is 80.0 cm³/mol. The first-order chi connectivity index (χ1) is 9.46. The van der Waals surface area contributed by atoms with Crippen LogP contribution < -0.4 is 11.3 Å². The number of hydrogen-bond acceptors (Lipinski definition) is 4. The molecule has 0 spiro atoms. The Bertz CT molecular complexity index is 431. The highest BCUT2D eigenvalue weighted by Gasteiger charge is 2.45. The van der Waals surface area contributed by atoms with E-state index in [9.17, 15) is 0 Å². The smallest absolute Gasteiger partial charge is 0.0887 e. The van der Waals surface area contributed by atoms with Crippen LogP contribution in [0.4, 0.5) is 0 Å². The van der Waals surface area contributed by atoms with Gasteiger partial charge in [0.1, 0.15) is 0 Å². The van der Waals surface area contributed by atoms with Gasteiger partial charge in [-0.15, -0.1) is 0 Å². The molecule has 1 heterocycles. The standard InChI is InChI=1S/C15H28N4O/c1-5-19-11-12(10-17-19)13(18-16)15(20-4)8-6-14(2,3)7-9-15/h10-11,13,18H,5-9,16H2,1-4H3. The Morgan fingerprint density at radius 1 is 1.40 bits per heavy atom. The largest absolute Gasteiger partial charge is 0.376 e. The van der Waals surface area contributed by atoms with Crippen molar-refractivity contribution in [1.82, 2.24) is 15.2 Å². The van der Waals surface area contributed by atoms with Gasteiger partial charge in [0, 0.05) is 25.4 Å². The number of hydrogen-bond donors (Lipinski definition) is 2. The van der Waals surface area contributed by atoms with E-state index in [1.54, 1.807) is 7.11 Å². The maximum absolute atomic E-state index is 5.94. The van der Waals surface area contributed by atoms with Gasteiger partial charge < -0.3 is 4.74 Å². The topological polar surface area (TPSA) is 65.1 Å². The molecule has 3 N–H and O–H groups in total. The van der Waals surface area contributed by atoms with Crippen molar-refractivity contribution >= 4 is 0 Å². The van der Waals surface area contributed by atoms with E-state index in [0.717, 1.165) is 37.8 Å². The van der Waals surface area contributed by atoms with Gasteiger partial charge in [-0.2, -0.15) is 5.10 Å². The summed E-state index contributed by atoms with van der Waals surface area (Å²) in [5.74, 6) is 5.85. The lowest BCUT2D eigenvalue weighted by atomic mass is 9.67. The molecule has 5 nitrogen and oxygen atoms in total. The van der Waals surface area contributed by atoms with Crippen molar-refractivity contribution in [1.29, 1.82) is 0 Å². The van der Waals surface area contributed by atoms with Crippen molar-refractivity contribution in [2.75, 3.05) is 7.11 Å². The molecule has 0 saturated heterocycles. The number of nitrogens with two attached hydrogens (primary N) is 1. The van der Waals surface area contributed by atoms with E-state index >= 15 is 0 Å². The molecule has 1 aliphatic rings. The Labute approximate surface area is 121 Å². The summed E-state index contributed by atoms with van der Waals surface area (Å²) < 4.78 is 7.87. The Hall–Kier alpha value is -0.910. The summed E-state index contributed by atoms with van der Waals surface area (Å²) in [6.45, 7) is 7.60. The molecule has 1 aromatic heterocycles. The Morgan fingerprint density at radius 3 is 2.50 bits per heavy atom. The number of nitrogens with one attached hydrogen (secondary N) is 1. The van der Waals surface area contributed by atoms with Gasteiger partial charge in [-0.25, -0.2) is 5.43 Å². The number of rotatable bonds is 5. The second-order valence-corrected chi connectivity index (χ2v) is 6.66. The first kappa shape index (κ1) is 15.5. The highest BCUT2D eigenvalue weighted by Crippen LogP contribution is 2.47. The first-order valence-corrected chi connectivity index (χ1v) is 7.50. The predicted octanol–water partition coefficient (Wildman–Crippen LogP) is 2.39. The highest BCUT2D eigenvalue weighted by molar-refractivity contribution is 5.17. The van der Waals surface area contributed by atoms with E-state index in [-0.39, 0.29) is 11.6 Å². The fourth-order valence-electron chi connectivity index (χ4n) is 3.21. The van der Waals surface area contributed by atoms with E-state index < -0.39 is 0 Å². The van der Waals surface area contributed by atoms with Gasteiger partial charge in [0.25, 0.3) is 0 Å². The van der Waals surface area contributed by atoms with Crippen LogP contribution in [0.5, 0.6) is 0 Å².